The summed E-state index contributed by atoms with van der Waals surface area (Å²) in [5, 5.41) is 3.80. The summed E-state index contributed by atoms with van der Waals surface area (Å²) < 4.78 is 10.3. The van der Waals surface area contributed by atoms with Crippen LogP contribution < -0.4 is 10.1 Å². The molecule has 0 aliphatic heterocycles. The molecule has 3 heterocycles. The Kier molecular flexibility index (Phi) is 4.52. The van der Waals surface area contributed by atoms with E-state index in [9.17, 15) is 9.59 Å². The molecule has 3 aromatic heterocycles. The van der Waals surface area contributed by atoms with Crippen LogP contribution in [0, 0.1) is 0 Å². The molecule has 4 aromatic rings. The molecular weight excluding hydrogens is 364 g/mol. The minimum absolute atomic E-state index is 0.160. The summed E-state index contributed by atoms with van der Waals surface area (Å²) in [5.41, 5.74) is 1.31. The minimum Gasteiger partial charge on any atom is -0.497 e. The number of thiophene rings is 1. The third-order valence-corrected chi connectivity index (χ3v) is 5.21. The molecule has 0 saturated heterocycles. The molecule has 2 N–H and O–H groups in total. The molecule has 0 fully saturated rings. The summed E-state index contributed by atoms with van der Waals surface area (Å²) in [4.78, 5) is 29.2. The Morgan fingerprint density at radius 3 is 2.85 bits per heavy atom. The molecule has 136 valence electrons. The Bertz CT molecular complexity index is 1110. The standard InChI is InChI=1S/C20H16N2O4S/c1-25-13-5-4-12-9-16(22-15(12)10-13)20(24)21-11-14-6-7-18(27-14)19(23)17-3-2-8-26-17/h2-10,22H,11H2,1H3,(H,21,24). The minimum atomic E-state index is -0.211. The number of carbonyl (C=O) groups excluding carboxylic acids is 2. The van der Waals surface area contributed by atoms with Crippen LogP contribution in [-0.4, -0.2) is 23.8 Å². The van der Waals surface area contributed by atoms with E-state index in [0.717, 1.165) is 21.5 Å². The van der Waals surface area contributed by atoms with E-state index in [0.29, 0.717) is 22.9 Å². The average Bonchev–Trinajstić information content (AvgIpc) is 3.45. The lowest BCUT2D eigenvalue weighted by molar-refractivity contribution is 0.0946. The van der Waals surface area contributed by atoms with E-state index in [4.69, 9.17) is 9.15 Å². The molecule has 0 saturated carbocycles. The molecule has 0 bridgehead atoms. The summed E-state index contributed by atoms with van der Waals surface area (Å²) >= 11 is 1.34. The van der Waals surface area contributed by atoms with Crippen LogP contribution in [-0.2, 0) is 6.54 Å². The number of rotatable bonds is 6. The van der Waals surface area contributed by atoms with Crippen molar-refractivity contribution >= 4 is 33.9 Å². The summed E-state index contributed by atoms with van der Waals surface area (Å²) in [6.07, 6.45) is 1.47. The lowest BCUT2D eigenvalue weighted by atomic mass is 10.2. The Morgan fingerprint density at radius 1 is 1.19 bits per heavy atom. The molecule has 1 amide bonds. The molecule has 27 heavy (non-hydrogen) atoms. The first-order valence-electron chi connectivity index (χ1n) is 8.26. The highest BCUT2D eigenvalue weighted by molar-refractivity contribution is 7.14. The SMILES string of the molecule is COc1ccc2cc(C(=O)NCc3ccc(C(=O)c4ccco4)s3)[nH]c2c1. The monoisotopic (exact) mass is 380 g/mol. The molecule has 0 unspecified atom stereocenters. The largest absolute Gasteiger partial charge is 0.497 e. The highest BCUT2D eigenvalue weighted by Gasteiger charge is 2.15. The number of furan rings is 1. The van der Waals surface area contributed by atoms with Gasteiger partial charge in [0, 0.05) is 21.8 Å². The fourth-order valence-electron chi connectivity index (χ4n) is 2.74. The van der Waals surface area contributed by atoms with Crippen molar-refractivity contribution < 1.29 is 18.7 Å². The van der Waals surface area contributed by atoms with Gasteiger partial charge in [0.1, 0.15) is 11.4 Å². The highest BCUT2D eigenvalue weighted by atomic mass is 32.1. The quantitative estimate of drug-likeness (QED) is 0.495. The fraction of sp³-hybridized carbons (Fsp3) is 0.100. The van der Waals surface area contributed by atoms with Crippen molar-refractivity contribution in [3.05, 3.63) is 76.0 Å². The third kappa shape index (κ3) is 3.50. The molecule has 1 aromatic carbocycles. The van der Waals surface area contributed by atoms with Crippen LogP contribution in [0.5, 0.6) is 5.75 Å². The second-order valence-electron chi connectivity index (χ2n) is 5.89. The van der Waals surface area contributed by atoms with Crippen LogP contribution in [0.3, 0.4) is 0 Å². The number of carbonyl (C=O) groups is 2. The normalized spacial score (nSPS) is 10.9. The summed E-state index contributed by atoms with van der Waals surface area (Å²) in [5.74, 6) is 0.661. The van der Waals surface area contributed by atoms with Crippen LogP contribution >= 0.6 is 11.3 Å². The number of fused-ring (bicyclic) bond motifs is 1. The third-order valence-electron chi connectivity index (χ3n) is 4.13. The van der Waals surface area contributed by atoms with Crippen LogP contribution in [0.2, 0.25) is 0 Å². The van der Waals surface area contributed by atoms with E-state index in [2.05, 4.69) is 10.3 Å². The number of ether oxygens (including phenoxy) is 1. The zero-order valence-electron chi connectivity index (χ0n) is 14.4. The van der Waals surface area contributed by atoms with Crippen molar-refractivity contribution in [1.82, 2.24) is 10.3 Å². The summed E-state index contributed by atoms with van der Waals surface area (Å²) in [6, 6.07) is 14.3. The summed E-state index contributed by atoms with van der Waals surface area (Å²) in [7, 11) is 1.60. The number of hydrogen-bond donors (Lipinski definition) is 2. The number of hydrogen-bond acceptors (Lipinski definition) is 5. The topological polar surface area (TPSA) is 84.3 Å². The van der Waals surface area contributed by atoms with E-state index < -0.39 is 0 Å². The molecule has 0 aliphatic carbocycles. The van der Waals surface area contributed by atoms with Gasteiger partial charge < -0.3 is 19.5 Å². The molecule has 7 heteroatoms. The Balaban J connectivity index is 1.43. The molecular formula is C20H16N2O4S. The maximum absolute atomic E-state index is 12.4. The van der Waals surface area contributed by atoms with Gasteiger partial charge >= 0.3 is 0 Å². The van der Waals surface area contributed by atoms with Crippen molar-refractivity contribution in [2.45, 2.75) is 6.54 Å². The van der Waals surface area contributed by atoms with Gasteiger partial charge in [-0.15, -0.1) is 11.3 Å². The number of H-pyrrole nitrogens is 1. The van der Waals surface area contributed by atoms with E-state index in [1.165, 1.54) is 17.6 Å². The maximum Gasteiger partial charge on any atom is 0.268 e. The number of aromatic amines is 1. The zero-order chi connectivity index (χ0) is 18.8. The second kappa shape index (κ2) is 7.13. The molecule has 0 atom stereocenters. The summed E-state index contributed by atoms with van der Waals surface area (Å²) in [6.45, 7) is 0.341. The van der Waals surface area contributed by atoms with Crippen molar-refractivity contribution in [1.29, 1.82) is 0 Å². The van der Waals surface area contributed by atoms with E-state index in [1.54, 1.807) is 31.4 Å². The van der Waals surface area contributed by atoms with Crippen LogP contribution in [0.15, 0.2) is 59.2 Å². The van der Waals surface area contributed by atoms with Gasteiger partial charge in [0.2, 0.25) is 5.78 Å². The van der Waals surface area contributed by atoms with Crippen molar-refractivity contribution in [2.24, 2.45) is 0 Å². The lowest BCUT2D eigenvalue weighted by Gasteiger charge is -2.01. The van der Waals surface area contributed by atoms with E-state index in [-0.39, 0.29) is 11.7 Å². The first kappa shape index (κ1) is 17.1. The van der Waals surface area contributed by atoms with Crippen LogP contribution in [0.4, 0.5) is 0 Å². The molecule has 0 aliphatic rings. The van der Waals surface area contributed by atoms with Gasteiger partial charge in [-0.25, -0.2) is 0 Å². The van der Waals surface area contributed by atoms with Crippen LogP contribution in [0.1, 0.15) is 30.8 Å². The number of aromatic nitrogens is 1. The maximum atomic E-state index is 12.4. The van der Waals surface area contributed by atoms with Gasteiger partial charge in [-0.1, -0.05) is 0 Å². The van der Waals surface area contributed by atoms with Crippen molar-refractivity contribution in [3.63, 3.8) is 0 Å². The number of nitrogens with one attached hydrogen (secondary N) is 2. The van der Waals surface area contributed by atoms with Gasteiger partial charge in [-0.05, 0) is 42.5 Å². The van der Waals surface area contributed by atoms with E-state index in [1.807, 2.05) is 24.3 Å². The molecule has 6 nitrogen and oxygen atoms in total. The van der Waals surface area contributed by atoms with Gasteiger partial charge in [0.25, 0.3) is 5.91 Å². The molecule has 4 rings (SSSR count). The van der Waals surface area contributed by atoms with Gasteiger partial charge in [0.05, 0.1) is 24.8 Å². The molecule has 0 radical (unpaired) electrons. The highest BCUT2D eigenvalue weighted by Crippen LogP contribution is 2.22. The van der Waals surface area contributed by atoms with Gasteiger partial charge in [0.15, 0.2) is 5.76 Å². The van der Waals surface area contributed by atoms with Crippen molar-refractivity contribution in [2.75, 3.05) is 7.11 Å². The number of ketones is 1. The van der Waals surface area contributed by atoms with Crippen LogP contribution in [0.25, 0.3) is 10.9 Å². The zero-order valence-corrected chi connectivity index (χ0v) is 15.3. The van der Waals surface area contributed by atoms with Gasteiger partial charge in [-0.3, -0.25) is 9.59 Å². The number of amides is 1. The first-order valence-corrected chi connectivity index (χ1v) is 9.07. The smallest absolute Gasteiger partial charge is 0.268 e. The average molecular weight is 380 g/mol. The van der Waals surface area contributed by atoms with E-state index >= 15 is 0 Å². The number of methoxy groups -OCH3 is 1. The predicted octanol–water partition coefficient (Wildman–Crippen LogP) is 3.99. The Morgan fingerprint density at radius 2 is 2.07 bits per heavy atom. The lowest BCUT2D eigenvalue weighted by Crippen LogP contribution is -2.22. The fourth-order valence-corrected chi connectivity index (χ4v) is 3.63. The first-order chi connectivity index (χ1) is 13.1. The predicted molar refractivity (Wildman–Crippen MR) is 102 cm³/mol. The Hall–Kier alpha value is -3.32. The Labute approximate surface area is 158 Å². The van der Waals surface area contributed by atoms with Crippen molar-refractivity contribution in [3.8, 4) is 5.75 Å². The molecule has 0 spiro atoms. The van der Waals surface area contributed by atoms with Gasteiger partial charge in [-0.2, -0.15) is 0 Å². The number of benzene rings is 1. The second-order valence-corrected chi connectivity index (χ2v) is 7.06.